The summed E-state index contributed by atoms with van der Waals surface area (Å²) in [7, 11) is 0. The normalized spacial score (nSPS) is 20.2. The molecule has 41 heavy (non-hydrogen) atoms. The molecule has 0 bridgehead atoms. The van der Waals surface area contributed by atoms with Gasteiger partial charge >= 0.3 is 5.97 Å². The second kappa shape index (κ2) is 10.8. The maximum atomic E-state index is 13.2. The summed E-state index contributed by atoms with van der Waals surface area (Å²) < 4.78 is 2.88. The lowest BCUT2D eigenvalue weighted by Crippen LogP contribution is -2.43. The van der Waals surface area contributed by atoms with E-state index in [0.29, 0.717) is 16.9 Å². The number of aromatic carboxylic acids is 1. The summed E-state index contributed by atoms with van der Waals surface area (Å²) in [6.07, 6.45) is 11.9. The number of carboxylic acids is 1. The molecule has 1 aliphatic carbocycles. The van der Waals surface area contributed by atoms with Crippen LogP contribution in [0.4, 0.5) is 5.69 Å². The molecule has 1 aliphatic heterocycles. The van der Waals surface area contributed by atoms with E-state index in [2.05, 4.69) is 25.5 Å². The molecular formula is C29H28N8O4. The van der Waals surface area contributed by atoms with Crippen LogP contribution in [-0.4, -0.2) is 64.7 Å². The first-order valence-corrected chi connectivity index (χ1v) is 13.4. The smallest absolute Gasteiger partial charge is 0.356 e. The Labute approximate surface area is 234 Å². The van der Waals surface area contributed by atoms with Crippen LogP contribution in [0.1, 0.15) is 53.0 Å². The summed E-state index contributed by atoms with van der Waals surface area (Å²) in [5.41, 5.74) is 2.36. The van der Waals surface area contributed by atoms with Crippen molar-refractivity contribution in [3.63, 3.8) is 0 Å². The molecule has 0 radical (unpaired) electrons. The number of hydrogen-bond donors (Lipinski definition) is 2. The molecule has 1 aromatic carbocycles. The molecule has 12 nitrogen and oxygen atoms in total. The molecule has 2 fully saturated rings. The Kier molecular flexibility index (Phi) is 6.88. The molecule has 2 aliphatic rings. The average Bonchev–Trinajstić information content (AvgIpc) is 3.71. The van der Waals surface area contributed by atoms with Crippen LogP contribution in [0.3, 0.4) is 0 Å². The molecule has 12 heteroatoms. The largest absolute Gasteiger partial charge is 0.476 e. The van der Waals surface area contributed by atoms with Gasteiger partial charge in [0.1, 0.15) is 5.56 Å². The van der Waals surface area contributed by atoms with Gasteiger partial charge in [-0.3, -0.25) is 9.59 Å². The Morgan fingerprint density at radius 1 is 0.927 bits per heavy atom. The number of carbonyl (C=O) groups is 3. The zero-order valence-corrected chi connectivity index (χ0v) is 22.1. The van der Waals surface area contributed by atoms with Gasteiger partial charge in [0.15, 0.2) is 17.0 Å². The number of para-hydroxylation sites is 1. The lowest BCUT2D eigenvalue weighted by Gasteiger charge is -2.36. The van der Waals surface area contributed by atoms with Gasteiger partial charge in [-0.1, -0.05) is 18.2 Å². The average molecular weight is 553 g/mol. The quantitative estimate of drug-likeness (QED) is 0.345. The summed E-state index contributed by atoms with van der Waals surface area (Å²) in [5.74, 6) is -0.940. The van der Waals surface area contributed by atoms with Crippen molar-refractivity contribution in [2.45, 2.75) is 38.1 Å². The van der Waals surface area contributed by atoms with E-state index < -0.39 is 5.97 Å². The summed E-state index contributed by atoms with van der Waals surface area (Å²) in [5, 5.41) is 19.8. The van der Waals surface area contributed by atoms with Gasteiger partial charge in [0, 0.05) is 36.9 Å². The molecule has 1 saturated heterocycles. The Morgan fingerprint density at radius 3 is 2.51 bits per heavy atom. The van der Waals surface area contributed by atoms with Crippen LogP contribution in [0.15, 0.2) is 79.5 Å². The van der Waals surface area contributed by atoms with Crippen molar-refractivity contribution in [1.29, 1.82) is 0 Å². The van der Waals surface area contributed by atoms with E-state index in [4.69, 9.17) is 5.11 Å². The minimum atomic E-state index is -1.03. The number of benzene rings is 1. The lowest BCUT2D eigenvalue weighted by atomic mass is 9.71. The SMILES string of the molecule is O=C(NC1CCC2(CC1)CCN(c1ccccc1)C2=O)c1cnn2cccnc12.O=C(O)c1cnc2cccnn12. The molecule has 0 unspecified atom stereocenters. The van der Waals surface area contributed by atoms with Gasteiger partial charge in [-0.25, -0.2) is 23.8 Å². The molecule has 2 N–H and O–H groups in total. The van der Waals surface area contributed by atoms with E-state index in [0.717, 1.165) is 44.3 Å². The molecule has 5 aromatic rings. The Bertz CT molecular complexity index is 1720. The van der Waals surface area contributed by atoms with E-state index in [1.807, 2.05) is 35.2 Å². The van der Waals surface area contributed by atoms with Crippen LogP contribution in [0, 0.1) is 5.41 Å². The van der Waals surface area contributed by atoms with Gasteiger partial charge in [0.2, 0.25) is 5.91 Å². The van der Waals surface area contributed by atoms with Crippen LogP contribution in [0.5, 0.6) is 0 Å². The highest BCUT2D eigenvalue weighted by Crippen LogP contribution is 2.46. The predicted molar refractivity (Wildman–Crippen MR) is 149 cm³/mol. The van der Waals surface area contributed by atoms with Crippen molar-refractivity contribution in [2.24, 2.45) is 5.41 Å². The summed E-state index contributed by atoms with van der Waals surface area (Å²) in [6.45, 7) is 0.772. The fourth-order valence-electron chi connectivity index (χ4n) is 5.68. The minimum Gasteiger partial charge on any atom is -0.476 e. The number of nitrogens with zero attached hydrogens (tertiary/aromatic N) is 7. The highest BCUT2D eigenvalue weighted by Gasteiger charge is 2.48. The first-order chi connectivity index (χ1) is 19.9. The van der Waals surface area contributed by atoms with Gasteiger partial charge in [0.25, 0.3) is 5.91 Å². The van der Waals surface area contributed by atoms with E-state index in [1.54, 1.807) is 41.3 Å². The number of rotatable bonds is 4. The van der Waals surface area contributed by atoms with Crippen LogP contribution < -0.4 is 10.2 Å². The van der Waals surface area contributed by atoms with Crippen LogP contribution in [-0.2, 0) is 4.79 Å². The summed E-state index contributed by atoms with van der Waals surface area (Å²) >= 11 is 0. The molecule has 1 saturated carbocycles. The second-order valence-electron chi connectivity index (χ2n) is 10.3. The zero-order chi connectivity index (χ0) is 28.4. The summed E-state index contributed by atoms with van der Waals surface area (Å²) in [4.78, 5) is 46.5. The van der Waals surface area contributed by atoms with Gasteiger partial charge in [-0.05, 0) is 62.4 Å². The molecule has 7 rings (SSSR count). The number of hydrogen-bond acceptors (Lipinski definition) is 7. The molecular weight excluding hydrogens is 524 g/mol. The Balaban J connectivity index is 0.000000210. The number of nitrogens with one attached hydrogen (secondary N) is 1. The second-order valence-corrected chi connectivity index (χ2v) is 10.3. The monoisotopic (exact) mass is 552 g/mol. The third-order valence-corrected chi connectivity index (χ3v) is 7.88. The molecule has 1 spiro atoms. The van der Waals surface area contributed by atoms with Crippen LogP contribution in [0.2, 0.25) is 0 Å². The van der Waals surface area contributed by atoms with Gasteiger partial charge < -0.3 is 15.3 Å². The van der Waals surface area contributed by atoms with Crippen molar-refractivity contribution in [1.82, 2.24) is 34.5 Å². The minimum absolute atomic E-state index is 0.0744. The van der Waals surface area contributed by atoms with Crippen molar-refractivity contribution in [3.05, 3.63) is 90.8 Å². The molecule has 5 heterocycles. The number of anilines is 1. The molecule has 4 aromatic heterocycles. The predicted octanol–water partition coefficient (Wildman–Crippen LogP) is 3.25. The first kappa shape index (κ1) is 26.1. The molecule has 208 valence electrons. The standard InChI is InChI=1S/C22H23N5O2.C7H5N3O2/c28-20(18-15-24-27-13-4-12-23-19(18)27)25-16-7-9-22(10-8-16)11-14-26(21(22)29)17-5-2-1-3-6-17;11-7(12)5-4-8-6-2-1-3-9-10(5)6/h1-6,12-13,15-16H,7-11,14H2,(H,25,28);1-4H,(H,11,12). The Hall–Kier alpha value is -5.13. The van der Waals surface area contributed by atoms with Crippen LogP contribution >= 0.6 is 0 Å². The fourth-order valence-corrected chi connectivity index (χ4v) is 5.68. The first-order valence-electron chi connectivity index (χ1n) is 13.4. The number of carboxylic acid groups (broad SMARTS) is 1. The number of aromatic nitrogens is 6. The van der Waals surface area contributed by atoms with Gasteiger partial charge in [-0.15, -0.1) is 0 Å². The fraction of sp³-hybridized carbons (Fsp3) is 0.276. The Morgan fingerprint density at radius 2 is 1.73 bits per heavy atom. The maximum absolute atomic E-state index is 13.2. The number of imidazole rings is 1. The van der Waals surface area contributed by atoms with E-state index in [9.17, 15) is 14.4 Å². The number of amides is 2. The van der Waals surface area contributed by atoms with Crippen molar-refractivity contribution in [3.8, 4) is 0 Å². The van der Waals surface area contributed by atoms with Crippen molar-refractivity contribution in [2.75, 3.05) is 11.4 Å². The maximum Gasteiger partial charge on any atom is 0.356 e. The lowest BCUT2D eigenvalue weighted by molar-refractivity contribution is -0.127. The highest BCUT2D eigenvalue weighted by molar-refractivity contribution is 6.01. The summed E-state index contributed by atoms with van der Waals surface area (Å²) in [6, 6.07) is 15.1. The third-order valence-electron chi connectivity index (χ3n) is 7.88. The van der Waals surface area contributed by atoms with Crippen molar-refractivity contribution >= 4 is 34.8 Å². The van der Waals surface area contributed by atoms with Crippen molar-refractivity contribution < 1.29 is 19.5 Å². The van der Waals surface area contributed by atoms with E-state index in [-0.39, 0.29) is 29.0 Å². The third kappa shape index (κ3) is 4.99. The van der Waals surface area contributed by atoms with Crippen LogP contribution in [0.25, 0.3) is 11.3 Å². The zero-order valence-electron chi connectivity index (χ0n) is 22.1. The van der Waals surface area contributed by atoms with E-state index >= 15 is 0 Å². The molecule has 0 atom stereocenters. The number of carbonyl (C=O) groups excluding carboxylic acids is 2. The van der Waals surface area contributed by atoms with Gasteiger partial charge in [0.05, 0.1) is 17.8 Å². The topological polar surface area (TPSA) is 147 Å². The highest BCUT2D eigenvalue weighted by atomic mass is 16.4. The number of fused-ring (bicyclic) bond motifs is 2. The molecule has 2 amide bonds. The van der Waals surface area contributed by atoms with Gasteiger partial charge in [-0.2, -0.15) is 10.2 Å². The van der Waals surface area contributed by atoms with E-state index in [1.165, 1.54) is 16.9 Å².